The smallest absolute Gasteiger partial charge is 0.160 e. The van der Waals surface area contributed by atoms with Crippen LogP contribution < -0.4 is 10.6 Å². The third-order valence-electron chi connectivity index (χ3n) is 3.89. The minimum atomic E-state index is -0.173. The Morgan fingerprint density at radius 2 is 2.06 bits per heavy atom. The Morgan fingerprint density at radius 3 is 2.61 bits per heavy atom. The van der Waals surface area contributed by atoms with Crippen LogP contribution in [0.1, 0.15) is 31.7 Å². The first kappa shape index (κ1) is 13.8. The molecular formula is C14H20BrFN2. The number of hydrogen-bond donors (Lipinski definition) is 1. The van der Waals surface area contributed by atoms with Gasteiger partial charge in [-0.2, -0.15) is 0 Å². The molecule has 1 aromatic carbocycles. The van der Waals surface area contributed by atoms with Crippen molar-refractivity contribution < 1.29 is 4.39 Å². The van der Waals surface area contributed by atoms with Gasteiger partial charge in [0.1, 0.15) is 0 Å². The molecule has 0 spiro atoms. The van der Waals surface area contributed by atoms with Gasteiger partial charge in [0.05, 0.1) is 10.2 Å². The molecule has 0 unspecified atom stereocenters. The minimum absolute atomic E-state index is 0.173. The molecule has 0 atom stereocenters. The van der Waals surface area contributed by atoms with Gasteiger partial charge in [0.25, 0.3) is 0 Å². The lowest BCUT2D eigenvalue weighted by molar-refractivity contribution is 0.392. The Morgan fingerprint density at radius 1 is 1.39 bits per heavy atom. The van der Waals surface area contributed by atoms with Crippen LogP contribution >= 0.6 is 15.9 Å². The van der Waals surface area contributed by atoms with E-state index in [9.17, 15) is 4.39 Å². The summed E-state index contributed by atoms with van der Waals surface area (Å²) < 4.78 is 14.8. The van der Waals surface area contributed by atoms with E-state index < -0.39 is 0 Å². The first-order valence-electron chi connectivity index (χ1n) is 6.59. The SMILES string of the molecule is CCC1CCN(c2ccc(CN)c(Br)c2F)CC1. The largest absolute Gasteiger partial charge is 0.369 e. The van der Waals surface area contributed by atoms with Crippen LogP contribution in [0.5, 0.6) is 0 Å². The number of anilines is 1. The Balaban J connectivity index is 2.17. The van der Waals surface area contributed by atoms with Crippen molar-refractivity contribution in [2.24, 2.45) is 11.7 Å². The summed E-state index contributed by atoms with van der Waals surface area (Å²) in [6.07, 6.45) is 3.55. The third kappa shape index (κ3) is 2.69. The van der Waals surface area contributed by atoms with Crippen molar-refractivity contribution in [3.8, 4) is 0 Å². The van der Waals surface area contributed by atoms with Crippen LogP contribution in [0.2, 0.25) is 0 Å². The summed E-state index contributed by atoms with van der Waals surface area (Å²) in [6, 6.07) is 3.77. The summed E-state index contributed by atoms with van der Waals surface area (Å²) in [4.78, 5) is 2.15. The van der Waals surface area contributed by atoms with E-state index in [4.69, 9.17) is 5.73 Å². The van der Waals surface area contributed by atoms with Gasteiger partial charge in [-0.1, -0.05) is 19.4 Å². The highest BCUT2D eigenvalue weighted by Crippen LogP contribution is 2.32. The van der Waals surface area contributed by atoms with Crippen molar-refractivity contribution in [3.05, 3.63) is 28.0 Å². The first-order chi connectivity index (χ1) is 8.67. The molecule has 2 nitrogen and oxygen atoms in total. The summed E-state index contributed by atoms with van der Waals surface area (Å²) in [6.45, 7) is 4.48. The van der Waals surface area contributed by atoms with Crippen molar-refractivity contribution in [2.75, 3.05) is 18.0 Å². The molecule has 0 saturated carbocycles. The summed E-state index contributed by atoms with van der Waals surface area (Å²) in [5.41, 5.74) is 7.10. The van der Waals surface area contributed by atoms with Gasteiger partial charge in [-0.25, -0.2) is 4.39 Å². The summed E-state index contributed by atoms with van der Waals surface area (Å²) in [5, 5.41) is 0. The maximum Gasteiger partial charge on any atom is 0.160 e. The molecular weight excluding hydrogens is 295 g/mol. The third-order valence-corrected chi connectivity index (χ3v) is 4.75. The number of nitrogens with zero attached hydrogens (tertiary/aromatic N) is 1. The van der Waals surface area contributed by atoms with Gasteiger partial charge in [0.2, 0.25) is 0 Å². The molecule has 0 radical (unpaired) electrons. The number of rotatable bonds is 3. The molecule has 1 heterocycles. The topological polar surface area (TPSA) is 29.3 Å². The van der Waals surface area contributed by atoms with Crippen LogP contribution in [0.4, 0.5) is 10.1 Å². The molecule has 0 bridgehead atoms. The van der Waals surface area contributed by atoms with Crippen molar-refractivity contribution in [3.63, 3.8) is 0 Å². The molecule has 2 rings (SSSR count). The van der Waals surface area contributed by atoms with E-state index in [1.165, 1.54) is 6.42 Å². The van der Waals surface area contributed by atoms with E-state index in [1.54, 1.807) is 0 Å². The fourth-order valence-electron chi connectivity index (χ4n) is 2.56. The highest BCUT2D eigenvalue weighted by atomic mass is 79.9. The lowest BCUT2D eigenvalue weighted by atomic mass is 9.94. The van der Waals surface area contributed by atoms with Gasteiger partial charge in [0.15, 0.2) is 5.82 Å². The number of piperidine rings is 1. The van der Waals surface area contributed by atoms with Crippen molar-refractivity contribution in [2.45, 2.75) is 32.7 Å². The van der Waals surface area contributed by atoms with Crippen molar-refractivity contribution >= 4 is 21.6 Å². The van der Waals surface area contributed by atoms with Gasteiger partial charge in [-0.05, 0) is 46.3 Å². The number of halogens is 2. The number of hydrogen-bond acceptors (Lipinski definition) is 2. The molecule has 1 fully saturated rings. The van der Waals surface area contributed by atoms with E-state index in [0.717, 1.165) is 37.4 Å². The second-order valence-electron chi connectivity index (χ2n) is 4.91. The van der Waals surface area contributed by atoms with Crippen LogP contribution in [0.3, 0.4) is 0 Å². The average Bonchev–Trinajstić information content (AvgIpc) is 2.42. The van der Waals surface area contributed by atoms with Crippen LogP contribution in [0.15, 0.2) is 16.6 Å². The number of nitrogens with two attached hydrogens (primary N) is 1. The van der Waals surface area contributed by atoms with Crippen LogP contribution in [-0.2, 0) is 6.54 Å². The van der Waals surface area contributed by atoms with Crippen LogP contribution in [0.25, 0.3) is 0 Å². The average molecular weight is 315 g/mol. The number of benzene rings is 1. The Kier molecular flexibility index (Phi) is 4.62. The summed E-state index contributed by atoms with van der Waals surface area (Å²) >= 11 is 3.30. The molecule has 1 aromatic rings. The second-order valence-corrected chi connectivity index (χ2v) is 5.71. The summed E-state index contributed by atoms with van der Waals surface area (Å²) in [5.74, 6) is 0.629. The zero-order valence-electron chi connectivity index (χ0n) is 10.8. The Hall–Kier alpha value is -0.610. The van der Waals surface area contributed by atoms with Gasteiger partial charge in [-0.15, -0.1) is 0 Å². The Bertz CT molecular complexity index is 415. The van der Waals surface area contributed by atoms with Gasteiger partial charge < -0.3 is 10.6 Å². The molecule has 0 amide bonds. The fourth-order valence-corrected chi connectivity index (χ4v) is 3.06. The van der Waals surface area contributed by atoms with Crippen LogP contribution in [-0.4, -0.2) is 13.1 Å². The predicted molar refractivity (Wildman–Crippen MR) is 77.2 cm³/mol. The molecule has 2 N–H and O–H groups in total. The van der Waals surface area contributed by atoms with Crippen LogP contribution in [0, 0.1) is 11.7 Å². The van der Waals surface area contributed by atoms with Crippen molar-refractivity contribution in [1.29, 1.82) is 0 Å². The van der Waals surface area contributed by atoms with E-state index in [-0.39, 0.29) is 5.82 Å². The maximum absolute atomic E-state index is 14.3. The molecule has 0 aliphatic carbocycles. The predicted octanol–water partition coefficient (Wildman–Crippen LogP) is 3.67. The highest BCUT2D eigenvalue weighted by molar-refractivity contribution is 9.10. The maximum atomic E-state index is 14.3. The van der Waals surface area contributed by atoms with Crippen molar-refractivity contribution in [1.82, 2.24) is 0 Å². The zero-order valence-corrected chi connectivity index (χ0v) is 12.3. The lowest BCUT2D eigenvalue weighted by Crippen LogP contribution is -2.34. The summed E-state index contributed by atoms with van der Waals surface area (Å²) in [7, 11) is 0. The second kappa shape index (κ2) is 6.02. The van der Waals surface area contributed by atoms with E-state index in [1.807, 2.05) is 12.1 Å². The molecule has 100 valence electrons. The van der Waals surface area contributed by atoms with Gasteiger partial charge in [0, 0.05) is 19.6 Å². The van der Waals surface area contributed by atoms with E-state index in [0.29, 0.717) is 16.7 Å². The van der Waals surface area contributed by atoms with E-state index >= 15 is 0 Å². The normalized spacial score (nSPS) is 17.2. The zero-order chi connectivity index (χ0) is 13.1. The monoisotopic (exact) mass is 314 g/mol. The molecule has 18 heavy (non-hydrogen) atoms. The molecule has 1 aliphatic heterocycles. The van der Waals surface area contributed by atoms with E-state index in [2.05, 4.69) is 27.8 Å². The Labute approximate surface area is 116 Å². The lowest BCUT2D eigenvalue weighted by Gasteiger charge is -2.33. The molecule has 1 saturated heterocycles. The molecule has 0 aromatic heterocycles. The highest BCUT2D eigenvalue weighted by Gasteiger charge is 2.21. The molecule has 1 aliphatic rings. The first-order valence-corrected chi connectivity index (χ1v) is 7.38. The van der Waals surface area contributed by atoms with Gasteiger partial charge >= 0.3 is 0 Å². The quantitative estimate of drug-likeness (QED) is 0.922. The standard InChI is InChI=1S/C14H20BrFN2/c1-2-10-5-7-18(8-6-10)12-4-3-11(9-17)13(15)14(12)16/h3-4,10H,2,5-9,17H2,1H3. The fraction of sp³-hybridized carbons (Fsp3) is 0.571. The molecule has 4 heteroatoms. The van der Waals surface area contributed by atoms with Gasteiger partial charge in [-0.3, -0.25) is 0 Å². The minimum Gasteiger partial charge on any atom is -0.369 e.